The number of terminal acetylenes is 1. The van der Waals surface area contributed by atoms with Crippen LogP contribution in [0.25, 0.3) is 55.0 Å². The SMILES string of the molecule is C#Cc1c(F)ccc2cc3[nH]ncc3c(-c3nn(C)c4c5c(N6CCOC[C@@](C)(O)C6)nc(OC[C@@]67CCCN6C/C(=C\F)C7)nc5n(C)c34)c12. The van der Waals surface area contributed by atoms with Gasteiger partial charge < -0.3 is 24.0 Å². The van der Waals surface area contributed by atoms with Gasteiger partial charge in [0.1, 0.15) is 29.5 Å². The lowest BCUT2D eigenvalue weighted by molar-refractivity contribution is -0.0123. The maximum atomic E-state index is 15.3. The van der Waals surface area contributed by atoms with Crippen LogP contribution in [-0.4, -0.2) is 102 Å². The summed E-state index contributed by atoms with van der Waals surface area (Å²) < 4.78 is 45.0. The summed E-state index contributed by atoms with van der Waals surface area (Å²) in [6, 6.07) is 5.17. The lowest BCUT2D eigenvalue weighted by atomic mass is 9.94. The van der Waals surface area contributed by atoms with E-state index >= 15 is 4.39 Å². The molecule has 0 aliphatic carbocycles. The van der Waals surface area contributed by atoms with Crippen LogP contribution in [-0.2, 0) is 18.8 Å². The number of fused-ring (bicyclic) bond motifs is 6. The number of aryl methyl sites for hydroxylation is 2. The minimum Gasteiger partial charge on any atom is -0.461 e. The lowest BCUT2D eigenvalue weighted by Crippen LogP contribution is -2.44. The topological polar surface area (TPSA) is 122 Å². The second-order valence-electron chi connectivity index (χ2n) is 14.5. The molecule has 12 nitrogen and oxygen atoms in total. The molecule has 51 heavy (non-hydrogen) atoms. The molecule has 3 aliphatic heterocycles. The van der Waals surface area contributed by atoms with Gasteiger partial charge in [-0.15, -0.1) is 6.42 Å². The molecule has 2 atom stereocenters. The van der Waals surface area contributed by atoms with E-state index in [2.05, 4.69) is 21.0 Å². The molecule has 2 aromatic carbocycles. The maximum Gasteiger partial charge on any atom is 0.320 e. The summed E-state index contributed by atoms with van der Waals surface area (Å²) in [6.45, 7) is 4.82. The van der Waals surface area contributed by atoms with Gasteiger partial charge in [-0.25, -0.2) is 8.78 Å². The lowest BCUT2D eigenvalue weighted by Gasteiger charge is -2.31. The van der Waals surface area contributed by atoms with Gasteiger partial charge in [0.15, 0.2) is 5.65 Å². The average Bonchev–Trinajstić information content (AvgIpc) is 3.91. The molecule has 0 saturated carbocycles. The number of aliphatic hydroxyl groups is 1. The third-order valence-corrected chi connectivity index (χ3v) is 10.9. The van der Waals surface area contributed by atoms with E-state index in [1.165, 1.54) is 6.07 Å². The zero-order valence-electron chi connectivity index (χ0n) is 28.6. The van der Waals surface area contributed by atoms with Gasteiger partial charge in [0.25, 0.3) is 0 Å². The molecular weight excluding hydrogens is 656 g/mol. The predicted octanol–water partition coefficient (Wildman–Crippen LogP) is 4.73. The van der Waals surface area contributed by atoms with E-state index in [0.717, 1.165) is 64.0 Å². The number of β-amino-alcohol motifs (C(OH)–C–C–N with tert-alkyl or cyclic N) is 1. The van der Waals surface area contributed by atoms with Gasteiger partial charge in [-0.05, 0) is 55.8 Å². The third-order valence-electron chi connectivity index (χ3n) is 10.9. The number of hydrogen-bond acceptors (Lipinski definition) is 9. The molecule has 0 bridgehead atoms. The number of anilines is 1. The zero-order chi connectivity index (χ0) is 35.2. The van der Waals surface area contributed by atoms with E-state index in [1.807, 2.05) is 29.6 Å². The van der Waals surface area contributed by atoms with Gasteiger partial charge in [-0.3, -0.25) is 14.7 Å². The first kappa shape index (κ1) is 31.9. The number of H-pyrrole nitrogens is 1. The van der Waals surface area contributed by atoms with Crippen LogP contribution in [0.4, 0.5) is 14.6 Å². The van der Waals surface area contributed by atoms with Crippen LogP contribution >= 0.6 is 0 Å². The highest BCUT2D eigenvalue weighted by Gasteiger charge is 2.47. The first-order valence-corrected chi connectivity index (χ1v) is 17.1. The molecule has 0 radical (unpaired) electrons. The largest absolute Gasteiger partial charge is 0.461 e. The summed E-state index contributed by atoms with van der Waals surface area (Å²) in [7, 11) is 3.76. The molecule has 6 aromatic rings. The predicted molar refractivity (Wildman–Crippen MR) is 190 cm³/mol. The van der Waals surface area contributed by atoms with Crippen molar-refractivity contribution < 1.29 is 23.4 Å². The van der Waals surface area contributed by atoms with E-state index in [1.54, 1.807) is 23.9 Å². The van der Waals surface area contributed by atoms with Crippen LogP contribution < -0.4 is 9.64 Å². The molecule has 4 aromatic heterocycles. The van der Waals surface area contributed by atoms with Crippen molar-refractivity contribution in [2.24, 2.45) is 14.1 Å². The Bertz CT molecular complexity index is 2470. The molecule has 0 unspecified atom stereocenters. The highest BCUT2D eigenvalue weighted by molar-refractivity contribution is 6.20. The number of hydrogen-bond donors (Lipinski definition) is 2. The van der Waals surface area contributed by atoms with E-state index in [9.17, 15) is 9.50 Å². The van der Waals surface area contributed by atoms with E-state index in [4.69, 9.17) is 31.0 Å². The van der Waals surface area contributed by atoms with Crippen molar-refractivity contribution in [2.45, 2.75) is 37.3 Å². The fraction of sp³-hybridized carbons (Fsp3) is 0.405. The quantitative estimate of drug-likeness (QED) is 0.247. The molecule has 0 spiro atoms. The van der Waals surface area contributed by atoms with Gasteiger partial charge >= 0.3 is 6.01 Å². The summed E-state index contributed by atoms with van der Waals surface area (Å²) in [5.74, 6) is 2.65. The van der Waals surface area contributed by atoms with Crippen LogP contribution in [0.5, 0.6) is 6.01 Å². The van der Waals surface area contributed by atoms with Gasteiger partial charge in [-0.1, -0.05) is 12.0 Å². The van der Waals surface area contributed by atoms with Crippen LogP contribution in [0, 0.1) is 18.2 Å². The number of benzene rings is 2. The number of nitrogens with zero attached hydrogens (tertiary/aromatic N) is 8. The van der Waals surface area contributed by atoms with Crippen molar-refractivity contribution in [1.29, 1.82) is 0 Å². The summed E-state index contributed by atoms with van der Waals surface area (Å²) in [5, 5.41) is 26.4. The summed E-state index contributed by atoms with van der Waals surface area (Å²) in [6.07, 6.45) is 10.9. The first-order chi connectivity index (χ1) is 24.6. The number of halogens is 2. The number of ether oxygens (including phenoxy) is 2. The van der Waals surface area contributed by atoms with Crippen LogP contribution in [0.1, 0.15) is 31.7 Å². The van der Waals surface area contributed by atoms with Crippen molar-refractivity contribution >= 4 is 49.6 Å². The second-order valence-corrected chi connectivity index (χ2v) is 14.5. The summed E-state index contributed by atoms with van der Waals surface area (Å²) in [4.78, 5) is 14.3. The summed E-state index contributed by atoms with van der Waals surface area (Å²) >= 11 is 0. The fourth-order valence-electron chi connectivity index (χ4n) is 8.65. The fourth-order valence-corrected chi connectivity index (χ4v) is 8.65. The average molecular weight is 694 g/mol. The number of aromatic nitrogens is 7. The highest BCUT2D eigenvalue weighted by atomic mass is 19.1. The van der Waals surface area contributed by atoms with E-state index < -0.39 is 11.4 Å². The minimum absolute atomic E-state index is 0.143. The van der Waals surface area contributed by atoms with Crippen molar-refractivity contribution in [3.8, 4) is 29.6 Å². The second kappa shape index (κ2) is 11.5. The van der Waals surface area contributed by atoms with Crippen molar-refractivity contribution in [2.75, 3.05) is 50.9 Å². The molecule has 7 heterocycles. The third kappa shape index (κ3) is 4.82. The van der Waals surface area contributed by atoms with Gasteiger partial charge in [-0.2, -0.15) is 20.2 Å². The molecule has 2 N–H and O–H groups in total. The Morgan fingerprint density at radius 2 is 2.06 bits per heavy atom. The van der Waals surface area contributed by atoms with Crippen LogP contribution in [0.15, 0.2) is 36.3 Å². The van der Waals surface area contributed by atoms with Crippen LogP contribution in [0.3, 0.4) is 0 Å². The van der Waals surface area contributed by atoms with Gasteiger partial charge in [0, 0.05) is 43.5 Å². The molecule has 3 aliphatic rings. The number of aromatic amines is 1. The Morgan fingerprint density at radius 3 is 2.88 bits per heavy atom. The minimum atomic E-state index is -1.14. The Hall–Kier alpha value is -5.10. The van der Waals surface area contributed by atoms with Crippen molar-refractivity contribution in [3.05, 3.63) is 47.7 Å². The molecule has 9 rings (SSSR count). The normalized spacial score (nSPS) is 23.6. The van der Waals surface area contributed by atoms with Gasteiger partial charge in [0.05, 0.1) is 65.3 Å². The van der Waals surface area contributed by atoms with Gasteiger partial charge in [0.2, 0.25) is 0 Å². The molecule has 0 amide bonds. The van der Waals surface area contributed by atoms with E-state index in [-0.39, 0.29) is 30.3 Å². The standard InChI is InChI=1S/C37H37F2N9O3/c1-5-23-25(39)8-7-22-13-26-24(16-40-43-26)28(27(22)23)30-32-31(46(4)44-30)29-33(45(32)3)41-35(42-34(29)47-11-12-50-19-36(2,49)18-47)51-20-37-9-6-10-48(37)17-21(14-37)15-38/h1,7-8,13,15-16,49H,6,9-12,14,17-20H2,2-4H3,(H,40,43)/b21-15-/t36-,37-/m0/s1. The molecule has 262 valence electrons. The maximum absolute atomic E-state index is 15.3. The molecule has 14 heteroatoms. The molecule has 3 fully saturated rings. The molecular formula is C37H37F2N9O3. The monoisotopic (exact) mass is 693 g/mol. The summed E-state index contributed by atoms with van der Waals surface area (Å²) in [5.41, 5.74) is 3.49. The zero-order valence-corrected chi connectivity index (χ0v) is 28.6. The van der Waals surface area contributed by atoms with Crippen molar-refractivity contribution in [3.63, 3.8) is 0 Å². The molecule has 3 saturated heterocycles. The Kier molecular flexibility index (Phi) is 7.16. The van der Waals surface area contributed by atoms with Crippen LogP contribution in [0.2, 0.25) is 0 Å². The highest BCUT2D eigenvalue weighted by Crippen LogP contribution is 2.45. The number of nitrogens with one attached hydrogen (secondary N) is 1. The van der Waals surface area contributed by atoms with E-state index in [0.29, 0.717) is 60.8 Å². The smallest absolute Gasteiger partial charge is 0.320 e. The van der Waals surface area contributed by atoms with Crippen molar-refractivity contribution in [1.82, 2.24) is 39.4 Å². The number of rotatable bonds is 5. The Balaban J connectivity index is 1.29. The Labute approximate surface area is 291 Å². The first-order valence-electron chi connectivity index (χ1n) is 17.1. The Morgan fingerprint density at radius 1 is 1.20 bits per heavy atom.